The Morgan fingerprint density at radius 3 is 2.56 bits per heavy atom. The number of anilines is 1. The highest BCUT2D eigenvalue weighted by molar-refractivity contribution is 7.18. The van der Waals surface area contributed by atoms with Gasteiger partial charge in [0, 0.05) is 10.8 Å². The van der Waals surface area contributed by atoms with Crippen LogP contribution in [0, 0.1) is 12.8 Å². The van der Waals surface area contributed by atoms with E-state index in [4.69, 9.17) is 15.2 Å². The van der Waals surface area contributed by atoms with Crippen molar-refractivity contribution in [3.8, 4) is 16.2 Å². The zero-order valence-corrected chi connectivity index (χ0v) is 18.0. The lowest BCUT2D eigenvalue weighted by atomic mass is 9.64. The molecule has 0 spiro atoms. The summed E-state index contributed by atoms with van der Waals surface area (Å²) in [5, 5.41) is 52.1. The molecule has 5 unspecified atom stereocenters. The molecular weight excluding hydrogens is 444 g/mol. The Kier molecular flexibility index (Phi) is 6.74. The first kappa shape index (κ1) is 23.9. The van der Waals surface area contributed by atoms with Crippen LogP contribution < -0.4 is 15.8 Å². The number of amides is 2. The van der Waals surface area contributed by atoms with Crippen molar-refractivity contribution < 1.29 is 44.6 Å². The lowest BCUT2D eigenvalue weighted by Gasteiger charge is -2.53. The smallest absolute Gasteiger partial charge is 0.350 e. The number of rotatable bonds is 7. The first-order valence-electron chi connectivity index (χ1n) is 9.48. The van der Waals surface area contributed by atoms with Gasteiger partial charge in [0.25, 0.3) is 0 Å². The zero-order valence-electron chi connectivity index (χ0n) is 17.2. The third-order valence-electron chi connectivity index (χ3n) is 5.45. The molecule has 1 saturated carbocycles. The summed E-state index contributed by atoms with van der Waals surface area (Å²) in [7, 11) is 1.21. The van der Waals surface area contributed by atoms with Crippen LogP contribution in [0.1, 0.15) is 15.2 Å². The van der Waals surface area contributed by atoms with Crippen LogP contribution in [0.3, 0.4) is 0 Å². The molecule has 5 atom stereocenters. The summed E-state index contributed by atoms with van der Waals surface area (Å²) in [6.07, 6.45) is -4.99. The van der Waals surface area contributed by atoms with E-state index in [-0.39, 0.29) is 16.3 Å². The predicted octanol–water partition coefficient (Wildman–Crippen LogP) is -0.227. The Balaban J connectivity index is 1.85. The maximum Gasteiger partial charge on any atom is 0.350 e. The molecule has 1 aliphatic carbocycles. The molecule has 8 N–H and O–H groups in total. The molecule has 0 radical (unpaired) electrons. The highest BCUT2D eigenvalue weighted by atomic mass is 32.1. The molecule has 1 aromatic heterocycles. The average Bonchev–Trinajstić information content (AvgIpc) is 3.17. The number of nitrogens with two attached hydrogens (primary N) is 1. The minimum atomic E-state index is -2.24. The van der Waals surface area contributed by atoms with Crippen LogP contribution >= 0.6 is 11.3 Å². The van der Waals surface area contributed by atoms with Crippen molar-refractivity contribution in [2.75, 3.05) is 19.0 Å². The van der Waals surface area contributed by atoms with Gasteiger partial charge in [-0.25, -0.2) is 9.59 Å². The van der Waals surface area contributed by atoms with E-state index in [1.807, 2.05) is 0 Å². The highest BCUT2D eigenvalue weighted by Gasteiger charge is 2.65. The molecular formula is C20H24N2O9S. The summed E-state index contributed by atoms with van der Waals surface area (Å²) in [5.41, 5.74) is 4.31. The van der Waals surface area contributed by atoms with E-state index < -0.39 is 48.6 Å². The summed E-state index contributed by atoms with van der Waals surface area (Å²) in [4.78, 5) is 24.0. The van der Waals surface area contributed by atoms with Gasteiger partial charge in [0.2, 0.25) is 6.29 Å². The Bertz CT molecular complexity index is 1030. The fourth-order valence-electron chi connectivity index (χ4n) is 3.60. The Labute approximate surface area is 186 Å². The van der Waals surface area contributed by atoms with Crippen LogP contribution in [0.4, 0.5) is 10.5 Å². The van der Waals surface area contributed by atoms with Crippen molar-refractivity contribution in [1.29, 1.82) is 0 Å². The summed E-state index contributed by atoms with van der Waals surface area (Å²) >= 11 is 1.07. The van der Waals surface area contributed by atoms with Crippen LogP contribution in [0.5, 0.6) is 5.75 Å². The maximum atomic E-state index is 12.0. The third kappa shape index (κ3) is 4.03. The largest absolute Gasteiger partial charge is 0.465 e. The Hall–Kier alpha value is -2.74. The van der Waals surface area contributed by atoms with Crippen molar-refractivity contribution >= 4 is 29.0 Å². The molecule has 0 bridgehead atoms. The van der Waals surface area contributed by atoms with Crippen LogP contribution in [-0.4, -0.2) is 75.3 Å². The van der Waals surface area contributed by atoms with E-state index in [0.717, 1.165) is 11.3 Å². The van der Waals surface area contributed by atoms with Gasteiger partial charge < -0.3 is 46.1 Å². The Morgan fingerprint density at radius 2 is 2.00 bits per heavy atom. The number of aryl methyl sites for hydroxylation is 1. The molecule has 1 aromatic carbocycles. The normalized spacial score (nSPS) is 25.5. The number of ether oxygens (including phenoxy) is 2. The van der Waals surface area contributed by atoms with Gasteiger partial charge in [0.05, 0.1) is 25.5 Å². The maximum absolute atomic E-state index is 12.0. The number of benzene rings is 1. The number of primary amides is 1. The molecule has 1 heterocycles. The predicted molar refractivity (Wildman–Crippen MR) is 113 cm³/mol. The van der Waals surface area contributed by atoms with Crippen LogP contribution in [0.25, 0.3) is 10.4 Å². The fourth-order valence-corrected chi connectivity index (χ4v) is 4.63. The molecule has 32 heavy (non-hydrogen) atoms. The Morgan fingerprint density at radius 1 is 1.31 bits per heavy atom. The highest BCUT2D eigenvalue weighted by Crippen LogP contribution is 2.43. The van der Waals surface area contributed by atoms with Gasteiger partial charge >= 0.3 is 12.0 Å². The van der Waals surface area contributed by atoms with Crippen molar-refractivity contribution in [2.45, 2.75) is 31.0 Å². The van der Waals surface area contributed by atoms with E-state index >= 15 is 0 Å². The summed E-state index contributed by atoms with van der Waals surface area (Å²) in [6, 6.07) is 5.53. The van der Waals surface area contributed by atoms with Gasteiger partial charge in [-0.2, -0.15) is 0 Å². The lowest BCUT2D eigenvalue weighted by Crippen LogP contribution is -2.76. The SMILES string of the molecule is COC(=O)c1sc(-c2ccc(OC(O)C3(O)C(O)C(O)C3CO)c(C)c2)cc1NC(N)=O. The lowest BCUT2D eigenvalue weighted by molar-refractivity contribution is -0.332. The number of carbonyl (C=O) groups is 2. The molecule has 12 heteroatoms. The van der Waals surface area contributed by atoms with E-state index in [0.29, 0.717) is 16.0 Å². The molecule has 1 fully saturated rings. The van der Waals surface area contributed by atoms with E-state index in [1.54, 1.807) is 25.1 Å². The topological polar surface area (TPSA) is 192 Å². The molecule has 1 aliphatic rings. The van der Waals surface area contributed by atoms with E-state index in [1.165, 1.54) is 13.2 Å². The van der Waals surface area contributed by atoms with Gasteiger partial charge in [0.15, 0.2) is 5.60 Å². The molecule has 2 aromatic rings. The van der Waals surface area contributed by atoms with E-state index in [2.05, 4.69) is 5.32 Å². The third-order valence-corrected chi connectivity index (χ3v) is 6.62. The van der Waals surface area contributed by atoms with Crippen molar-refractivity contribution in [2.24, 2.45) is 11.7 Å². The second-order valence-electron chi connectivity index (χ2n) is 7.40. The van der Waals surface area contributed by atoms with Crippen molar-refractivity contribution in [3.05, 3.63) is 34.7 Å². The first-order valence-corrected chi connectivity index (χ1v) is 10.3. The molecule has 2 amide bonds. The van der Waals surface area contributed by atoms with Crippen molar-refractivity contribution in [3.63, 3.8) is 0 Å². The molecule has 0 aliphatic heterocycles. The number of urea groups is 1. The van der Waals surface area contributed by atoms with Gasteiger partial charge in [-0.15, -0.1) is 11.3 Å². The van der Waals surface area contributed by atoms with Crippen LogP contribution in [0.15, 0.2) is 24.3 Å². The van der Waals surface area contributed by atoms with Crippen molar-refractivity contribution in [1.82, 2.24) is 0 Å². The quantitative estimate of drug-likeness (QED) is 0.212. The van der Waals surface area contributed by atoms with E-state index in [9.17, 15) is 35.1 Å². The fraction of sp³-hybridized carbons (Fsp3) is 0.400. The molecule has 3 rings (SSSR count). The summed E-state index contributed by atoms with van der Waals surface area (Å²) < 4.78 is 10.1. The number of hydrogen-bond acceptors (Lipinski definition) is 10. The molecule has 174 valence electrons. The minimum Gasteiger partial charge on any atom is -0.465 e. The van der Waals surface area contributed by atoms with Gasteiger partial charge in [-0.3, -0.25) is 0 Å². The number of esters is 1. The van der Waals surface area contributed by atoms with Crippen LogP contribution in [-0.2, 0) is 4.74 Å². The number of carbonyl (C=O) groups excluding carboxylic acids is 2. The summed E-state index contributed by atoms with van der Waals surface area (Å²) in [5.74, 6) is -1.64. The van der Waals surface area contributed by atoms with Crippen LogP contribution in [0.2, 0.25) is 0 Å². The number of hydrogen-bond donors (Lipinski definition) is 7. The number of aliphatic hydroxyl groups excluding tert-OH is 4. The second kappa shape index (κ2) is 9.02. The van der Waals surface area contributed by atoms with Gasteiger partial charge in [-0.05, 0) is 42.3 Å². The average molecular weight is 468 g/mol. The minimum absolute atomic E-state index is 0.157. The number of methoxy groups -OCH3 is 1. The van der Waals surface area contributed by atoms with Gasteiger partial charge in [-0.1, -0.05) is 0 Å². The van der Waals surface area contributed by atoms with Gasteiger partial charge in [0.1, 0.15) is 16.7 Å². The number of thiophene rings is 1. The summed E-state index contributed by atoms with van der Waals surface area (Å²) in [6.45, 7) is 1.01. The molecule has 11 nitrogen and oxygen atoms in total. The number of nitrogens with one attached hydrogen (secondary N) is 1. The first-order chi connectivity index (χ1) is 15.0. The monoisotopic (exact) mass is 468 g/mol. The second-order valence-corrected chi connectivity index (χ2v) is 8.45. The zero-order chi connectivity index (χ0) is 23.8. The standard InChI is InChI=1S/C20H24N2O9S/c1-8-5-9(13-6-11(22-19(21)28)15(32-13)17(26)30-2)3-4-12(8)31-18(27)20(29)10(7-23)14(24)16(20)25/h3-6,10,14,16,18,23-25,27,29H,7H2,1-2H3,(H3,21,22,28). The number of aliphatic hydroxyl groups is 5. The molecule has 0 saturated heterocycles.